The minimum atomic E-state index is -4.08. The van der Waals surface area contributed by atoms with Gasteiger partial charge in [0.1, 0.15) is 17.5 Å². The second kappa shape index (κ2) is 7.16. The zero-order chi connectivity index (χ0) is 14.3. The molecule has 0 radical (unpaired) electrons. The van der Waals surface area contributed by atoms with Gasteiger partial charge in [-0.2, -0.15) is 13.2 Å². The Kier molecular flexibility index (Phi) is 5.85. The quantitative estimate of drug-likeness (QED) is 0.751. The largest absolute Gasteiger partial charge is 0.389 e. The first-order chi connectivity index (χ1) is 8.90. The summed E-state index contributed by atoms with van der Waals surface area (Å²) < 4.78 is 35.8. The van der Waals surface area contributed by atoms with E-state index in [1.807, 2.05) is 6.92 Å². The molecule has 108 valence electrons. The molecule has 7 heteroatoms. The molecule has 0 amide bonds. The molecule has 0 aliphatic rings. The van der Waals surface area contributed by atoms with Crippen molar-refractivity contribution in [1.29, 1.82) is 0 Å². The van der Waals surface area contributed by atoms with Gasteiger partial charge in [-0.05, 0) is 19.3 Å². The van der Waals surface area contributed by atoms with Crippen molar-refractivity contribution in [3.8, 4) is 0 Å². The highest BCUT2D eigenvalue weighted by atomic mass is 19.4. The van der Waals surface area contributed by atoms with Gasteiger partial charge in [0, 0.05) is 25.5 Å². The van der Waals surface area contributed by atoms with Crippen molar-refractivity contribution in [1.82, 2.24) is 9.97 Å². The van der Waals surface area contributed by atoms with Crippen LogP contribution in [-0.2, 0) is 6.42 Å². The van der Waals surface area contributed by atoms with Crippen molar-refractivity contribution in [2.24, 2.45) is 0 Å². The number of hydrogen-bond acceptors (Lipinski definition) is 4. The summed E-state index contributed by atoms with van der Waals surface area (Å²) in [7, 11) is 0. The number of anilines is 2. The van der Waals surface area contributed by atoms with Gasteiger partial charge < -0.3 is 11.1 Å². The molecule has 1 aromatic heterocycles. The van der Waals surface area contributed by atoms with Crippen LogP contribution in [0.25, 0.3) is 0 Å². The van der Waals surface area contributed by atoms with Crippen LogP contribution in [0.4, 0.5) is 24.8 Å². The molecule has 19 heavy (non-hydrogen) atoms. The number of nitrogens with two attached hydrogens (primary N) is 1. The van der Waals surface area contributed by atoms with E-state index in [1.54, 1.807) is 6.07 Å². The lowest BCUT2D eigenvalue weighted by Crippen LogP contribution is -2.10. The Morgan fingerprint density at radius 1 is 1.26 bits per heavy atom. The van der Waals surface area contributed by atoms with Gasteiger partial charge in [0.2, 0.25) is 0 Å². The number of unbranched alkanes of at least 4 members (excludes halogenated alkanes) is 1. The molecule has 0 unspecified atom stereocenters. The number of rotatable bonds is 7. The van der Waals surface area contributed by atoms with Crippen LogP contribution in [0.15, 0.2) is 6.07 Å². The molecule has 4 nitrogen and oxygen atoms in total. The van der Waals surface area contributed by atoms with E-state index < -0.39 is 12.6 Å². The van der Waals surface area contributed by atoms with Gasteiger partial charge in [0.05, 0.1) is 0 Å². The third-order valence-electron chi connectivity index (χ3n) is 2.46. The number of alkyl halides is 3. The zero-order valence-electron chi connectivity index (χ0n) is 10.9. The molecule has 1 rings (SSSR count). The van der Waals surface area contributed by atoms with Crippen molar-refractivity contribution < 1.29 is 13.2 Å². The van der Waals surface area contributed by atoms with Gasteiger partial charge in [0.15, 0.2) is 0 Å². The predicted molar refractivity (Wildman–Crippen MR) is 68.8 cm³/mol. The van der Waals surface area contributed by atoms with E-state index in [0.717, 1.165) is 12.8 Å². The Morgan fingerprint density at radius 3 is 2.63 bits per heavy atom. The number of aromatic nitrogens is 2. The Balaban J connectivity index is 2.36. The third kappa shape index (κ3) is 6.83. The van der Waals surface area contributed by atoms with Crippen molar-refractivity contribution in [2.75, 3.05) is 17.6 Å². The molecule has 3 N–H and O–H groups in total. The van der Waals surface area contributed by atoms with E-state index in [9.17, 15) is 13.2 Å². The molecule has 0 atom stereocenters. The maximum atomic E-state index is 11.9. The fourth-order valence-corrected chi connectivity index (χ4v) is 1.61. The molecule has 0 aliphatic carbocycles. The van der Waals surface area contributed by atoms with E-state index in [1.165, 1.54) is 0 Å². The van der Waals surface area contributed by atoms with Gasteiger partial charge in [-0.1, -0.05) is 6.92 Å². The first-order valence-electron chi connectivity index (χ1n) is 6.35. The van der Waals surface area contributed by atoms with Gasteiger partial charge >= 0.3 is 6.18 Å². The maximum Gasteiger partial charge on any atom is 0.389 e. The van der Waals surface area contributed by atoms with Crippen LogP contribution in [0.3, 0.4) is 0 Å². The molecule has 0 bridgehead atoms. The summed E-state index contributed by atoms with van der Waals surface area (Å²) in [6.45, 7) is 2.45. The van der Waals surface area contributed by atoms with Crippen molar-refractivity contribution in [3.05, 3.63) is 11.9 Å². The standard InChI is InChI=1S/C12H19F3N4/c1-2-5-10-18-9(16)8-11(19-10)17-7-4-3-6-12(13,14)15/h8H,2-7H2,1H3,(H3,16,17,18,19). The summed E-state index contributed by atoms with van der Waals surface area (Å²) in [5.41, 5.74) is 5.64. The van der Waals surface area contributed by atoms with E-state index >= 15 is 0 Å². The van der Waals surface area contributed by atoms with Gasteiger partial charge in [-0.15, -0.1) is 0 Å². The molecule has 0 aliphatic heterocycles. The SMILES string of the molecule is CCCc1nc(N)cc(NCCCCC(F)(F)F)n1. The second-order valence-corrected chi connectivity index (χ2v) is 4.34. The predicted octanol–water partition coefficient (Wildman–Crippen LogP) is 3.16. The van der Waals surface area contributed by atoms with E-state index in [-0.39, 0.29) is 6.42 Å². The monoisotopic (exact) mass is 276 g/mol. The smallest absolute Gasteiger partial charge is 0.384 e. The highest BCUT2D eigenvalue weighted by Crippen LogP contribution is 2.22. The molecule has 0 saturated carbocycles. The van der Waals surface area contributed by atoms with E-state index in [4.69, 9.17) is 5.73 Å². The minimum absolute atomic E-state index is 0.110. The molecule has 0 aromatic carbocycles. The zero-order valence-corrected chi connectivity index (χ0v) is 10.9. The van der Waals surface area contributed by atoms with Crippen molar-refractivity contribution in [2.45, 2.75) is 45.2 Å². The number of nitrogens with one attached hydrogen (secondary N) is 1. The summed E-state index contributed by atoms with van der Waals surface area (Å²) in [5.74, 6) is 1.60. The van der Waals surface area contributed by atoms with Crippen LogP contribution >= 0.6 is 0 Å². The third-order valence-corrected chi connectivity index (χ3v) is 2.46. The maximum absolute atomic E-state index is 11.9. The van der Waals surface area contributed by atoms with Gasteiger partial charge in [-0.25, -0.2) is 9.97 Å². The van der Waals surface area contributed by atoms with Crippen LogP contribution in [0.2, 0.25) is 0 Å². The first kappa shape index (κ1) is 15.5. The number of aryl methyl sites for hydroxylation is 1. The summed E-state index contributed by atoms with van der Waals surface area (Å²) in [6.07, 6.45) is -2.64. The van der Waals surface area contributed by atoms with Crippen LogP contribution in [0.1, 0.15) is 38.4 Å². The van der Waals surface area contributed by atoms with Crippen LogP contribution in [0, 0.1) is 0 Å². The van der Waals surface area contributed by atoms with E-state index in [2.05, 4.69) is 15.3 Å². The fraction of sp³-hybridized carbons (Fsp3) is 0.667. The summed E-state index contributed by atoms with van der Waals surface area (Å²) in [4.78, 5) is 8.32. The fourth-order valence-electron chi connectivity index (χ4n) is 1.61. The molecule has 1 aromatic rings. The molecular weight excluding hydrogens is 257 g/mol. The topological polar surface area (TPSA) is 63.8 Å². The number of nitrogen functional groups attached to an aromatic ring is 1. The number of halogens is 3. The molecule has 0 spiro atoms. The van der Waals surface area contributed by atoms with Crippen molar-refractivity contribution in [3.63, 3.8) is 0 Å². The minimum Gasteiger partial charge on any atom is -0.384 e. The number of hydrogen-bond donors (Lipinski definition) is 2. The molecular formula is C12H19F3N4. The average molecular weight is 276 g/mol. The van der Waals surface area contributed by atoms with Crippen LogP contribution in [0.5, 0.6) is 0 Å². The van der Waals surface area contributed by atoms with E-state index in [0.29, 0.717) is 30.4 Å². The van der Waals surface area contributed by atoms with Crippen LogP contribution < -0.4 is 11.1 Å². The average Bonchev–Trinajstić information content (AvgIpc) is 2.26. The second-order valence-electron chi connectivity index (χ2n) is 4.34. The highest BCUT2D eigenvalue weighted by Gasteiger charge is 2.25. The van der Waals surface area contributed by atoms with Crippen molar-refractivity contribution >= 4 is 11.6 Å². The Hall–Kier alpha value is -1.53. The summed E-state index contributed by atoms with van der Waals surface area (Å²) in [6, 6.07) is 1.59. The van der Waals surface area contributed by atoms with Gasteiger partial charge in [0.25, 0.3) is 0 Å². The Labute approximate surface area is 110 Å². The lowest BCUT2D eigenvalue weighted by atomic mass is 10.2. The molecule has 1 heterocycles. The first-order valence-corrected chi connectivity index (χ1v) is 6.35. The molecule has 0 saturated heterocycles. The lowest BCUT2D eigenvalue weighted by Gasteiger charge is -2.09. The number of nitrogens with zero attached hydrogens (tertiary/aromatic N) is 2. The summed E-state index contributed by atoms with van der Waals surface area (Å²) in [5, 5.41) is 2.97. The Morgan fingerprint density at radius 2 is 2.00 bits per heavy atom. The summed E-state index contributed by atoms with van der Waals surface area (Å²) >= 11 is 0. The Bertz CT molecular complexity index is 393. The van der Waals surface area contributed by atoms with Crippen LogP contribution in [-0.4, -0.2) is 22.7 Å². The highest BCUT2D eigenvalue weighted by molar-refractivity contribution is 5.44. The lowest BCUT2D eigenvalue weighted by molar-refractivity contribution is -0.135. The van der Waals surface area contributed by atoms with Gasteiger partial charge in [-0.3, -0.25) is 0 Å². The normalized spacial score (nSPS) is 11.6. The molecule has 0 fully saturated rings.